The number of aliphatic carboxylic acids is 1. The number of carboxylic acids is 1. The van der Waals surface area contributed by atoms with Crippen LogP contribution in [0.2, 0.25) is 0 Å². The molecule has 7 heteroatoms. The van der Waals surface area contributed by atoms with E-state index in [4.69, 9.17) is 20.3 Å². The van der Waals surface area contributed by atoms with E-state index in [0.29, 0.717) is 36.5 Å². The summed E-state index contributed by atoms with van der Waals surface area (Å²) in [4.78, 5) is 23.4. The van der Waals surface area contributed by atoms with E-state index in [9.17, 15) is 14.7 Å². The van der Waals surface area contributed by atoms with Gasteiger partial charge in [-0.3, -0.25) is 9.59 Å². The average molecular weight is 399 g/mol. The lowest BCUT2D eigenvalue weighted by Gasteiger charge is -2.33. The van der Waals surface area contributed by atoms with Crippen molar-refractivity contribution in [3.05, 3.63) is 65.2 Å². The molecule has 1 aliphatic heterocycles. The monoisotopic (exact) mass is 399 g/mol. The van der Waals surface area contributed by atoms with E-state index >= 15 is 0 Å². The number of hydrogen-bond acceptors (Lipinski definition) is 6. The highest BCUT2D eigenvalue weighted by Gasteiger charge is 2.38. The fraction of sp³-hybridized carbons (Fsp3) is 0.364. The predicted octanol–water partition coefficient (Wildman–Crippen LogP) is 2.29. The number of nitrogens with two attached hydrogens (primary N) is 1. The number of ketones is 1. The number of rotatable bonds is 9. The Hall–Kier alpha value is -2.74. The number of benzene rings is 2. The van der Waals surface area contributed by atoms with Gasteiger partial charge in [-0.15, -0.1) is 0 Å². The maximum Gasteiger partial charge on any atom is 0.320 e. The lowest BCUT2D eigenvalue weighted by atomic mass is 9.93. The smallest absolute Gasteiger partial charge is 0.320 e. The third kappa shape index (κ3) is 5.63. The number of Topliss-reactive ketones (excluding diaryl/α,β-unsaturated/α-hetero) is 1. The maximum atomic E-state index is 12.5. The maximum absolute atomic E-state index is 12.5. The van der Waals surface area contributed by atoms with E-state index in [-0.39, 0.29) is 25.0 Å². The molecule has 7 nitrogen and oxygen atoms in total. The van der Waals surface area contributed by atoms with Crippen LogP contribution < -0.4 is 10.5 Å². The Labute approximate surface area is 169 Å². The number of hydrogen-bond donors (Lipinski definition) is 3. The van der Waals surface area contributed by atoms with Gasteiger partial charge in [0.1, 0.15) is 11.8 Å². The molecule has 0 fully saturated rings. The zero-order valence-corrected chi connectivity index (χ0v) is 16.0. The van der Waals surface area contributed by atoms with Gasteiger partial charge >= 0.3 is 5.97 Å². The lowest BCUT2D eigenvalue weighted by molar-refractivity contribution is -0.147. The quantitative estimate of drug-likeness (QED) is 0.554. The zero-order chi connectivity index (χ0) is 20.9. The van der Waals surface area contributed by atoms with Crippen molar-refractivity contribution < 1.29 is 29.3 Å². The summed E-state index contributed by atoms with van der Waals surface area (Å²) in [5.41, 5.74) is 7.60. The molecule has 154 valence electrons. The summed E-state index contributed by atoms with van der Waals surface area (Å²) in [6.45, 7) is 0.927. The van der Waals surface area contributed by atoms with Crippen LogP contribution in [0.4, 0.5) is 0 Å². The Morgan fingerprint density at radius 2 is 1.97 bits per heavy atom. The first-order valence-corrected chi connectivity index (χ1v) is 9.54. The first kappa shape index (κ1) is 21.0. The molecule has 0 spiro atoms. The second kappa shape index (κ2) is 9.17. The van der Waals surface area contributed by atoms with Gasteiger partial charge in [0.15, 0.2) is 5.78 Å². The number of aliphatic hydroxyl groups is 1. The van der Waals surface area contributed by atoms with Crippen LogP contribution in [0.15, 0.2) is 48.5 Å². The SMILES string of the molecule is NC(Cc1ccc2c(c1)C(=O)CC(O)(CCCOCc1ccccc1)O2)C(=O)O. The predicted molar refractivity (Wildman–Crippen MR) is 106 cm³/mol. The second-order valence-electron chi connectivity index (χ2n) is 7.27. The molecule has 4 N–H and O–H groups in total. The summed E-state index contributed by atoms with van der Waals surface area (Å²) in [6, 6.07) is 13.6. The summed E-state index contributed by atoms with van der Waals surface area (Å²) < 4.78 is 11.3. The lowest BCUT2D eigenvalue weighted by Crippen LogP contribution is -2.42. The third-order valence-electron chi connectivity index (χ3n) is 4.82. The van der Waals surface area contributed by atoms with Crippen molar-refractivity contribution in [3.63, 3.8) is 0 Å². The van der Waals surface area contributed by atoms with Crippen molar-refractivity contribution in [2.75, 3.05) is 6.61 Å². The second-order valence-corrected chi connectivity index (χ2v) is 7.27. The van der Waals surface area contributed by atoms with Gasteiger partial charge < -0.3 is 25.4 Å². The molecule has 2 atom stereocenters. The molecule has 0 amide bonds. The van der Waals surface area contributed by atoms with Crippen molar-refractivity contribution in [2.45, 2.75) is 44.1 Å². The van der Waals surface area contributed by atoms with Crippen LogP contribution in [0.25, 0.3) is 0 Å². The molecule has 0 bridgehead atoms. The molecule has 2 aromatic carbocycles. The van der Waals surface area contributed by atoms with Crippen molar-refractivity contribution in [3.8, 4) is 5.75 Å². The van der Waals surface area contributed by atoms with Gasteiger partial charge in [-0.2, -0.15) is 0 Å². The standard InChI is InChI=1S/C22H25NO6/c23-18(21(25)26)12-16-7-8-20-17(11-16)19(24)13-22(27,29-20)9-4-10-28-14-15-5-2-1-3-6-15/h1-3,5-8,11,18,27H,4,9-10,12-14,23H2,(H,25,26). The highest BCUT2D eigenvalue weighted by molar-refractivity contribution is 6.00. The molecule has 0 saturated heterocycles. The normalized spacial score (nSPS) is 19.3. The summed E-state index contributed by atoms with van der Waals surface area (Å²) in [5.74, 6) is -2.63. The fourth-order valence-electron chi connectivity index (χ4n) is 3.29. The number of carboxylic acid groups (broad SMARTS) is 1. The molecule has 0 aromatic heterocycles. The highest BCUT2D eigenvalue weighted by atomic mass is 16.6. The summed E-state index contributed by atoms with van der Waals surface area (Å²) in [6.07, 6.45) is 0.752. The van der Waals surface area contributed by atoms with E-state index in [1.807, 2.05) is 30.3 Å². The first-order chi connectivity index (χ1) is 13.9. The van der Waals surface area contributed by atoms with Crippen LogP contribution in [0, 0.1) is 0 Å². The van der Waals surface area contributed by atoms with Gasteiger partial charge in [0.25, 0.3) is 0 Å². The van der Waals surface area contributed by atoms with Crippen LogP contribution >= 0.6 is 0 Å². The molecule has 0 radical (unpaired) electrons. The van der Waals surface area contributed by atoms with Crippen LogP contribution in [-0.4, -0.2) is 40.4 Å². The van der Waals surface area contributed by atoms with Crippen LogP contribution in [-0.2, 0) is 22.6 Å². The van der Waals surface area contributed by atoms with E-state index in [2.05, 4.69) is 0 Å². The minimum absolute atomic E-state index is 0.110. The number of carbonyl (C=O) groups excluding carboxylic acids is 1. The Morgan fingerprint density at radius 1 is 1.21 bits per heavy atom. The first-order valence-electron chi connectivity index (χ1n) is 9.54. The van der Waals surface area contributed by atoms with Gasteiger partial charge in [-0.25, -0.2) is 0 Å². The van der Waals surface area contributed by atoms with Gasteiger partial charge in [-0.1, -0.05) is 36.4 Å². The van der Waals surface area contributed by atoms with E-state index < -0.39 is 17.8 Å². The van der Waals surface area contributed by atoms with Crippen LogP contribution in [0.3, 0.4) is 0 Å². The highest BCUT2D eigenvalue weighted by Crippen LogP contribution is 2.35. The molecule has 1 heterocycles. The average Bonchev–Trinajstić information content (AvgIpc) is 2.69. The molecule has 1 aliphatic rings. The molecule has 2 unspecified atom stereocenters. The summed E-state index contributed by atoms with van der Waals surface area (Å²) in [5, 5.41) is 19.6. The van der Waals surface area contributed by atoms with Crippen LogP contribution in [0.5, 0.6) is 5.75 Å². The van der Waals surface area contributed by atoms with Gasteiger partial charge in [0, 0.05) is 13.0 Å². The minimum atomic E-state index is -1.57. The van der Waals surface area contributed by atoms with E-state index in [1.165, 1.54) is 0 Å². The molecular formula is C22H25NO6. The zero-order valence-electron chi connectivity index (χ0n) is 16.0. The number of fused-ring (bicyclic) bond motifs is 1. The molecule has 0 saturated carbocycles. The summed E-state index contributed by atoms with van der Waals surface area (Å²) in [7, 11) is 0. The Kier molecular flexibility index (Phi) is 6.64. The minimum Gasteiger partial charge on any atom is -0.480 e. The topological polar surface area (TPSA) is 119 Å². The molecular weight excluding hydrogens is 374 g/mol. The molecule has 3 rings (SSSR count). The Morgan fingerprint density at radius 3 is 2.69 bits per heavy atom. The number of carbonyl (C=O) groups is 2. The molecule has 0 aliphatic carbocycles. The largest absolute Gasteiger partial charge is 0.480 e. The molecule has 2 aromatic rings. The van der Waals surface area contributed by atoms with Gasteiger partial charge in [0.2, 0.25) is 5.79 Å². The Bertz CT molecular complexity index is 869. The fourth-order valence-corrected chi connectivity index (χ4v) is 3.29. The van der Waals surface area contributed by atoms with E-state index in [0.717, 1.165) is 5.56 Å². The van der Waals surface area contributed by atoms with Crippen molar-refractivity contribution in [1.29, 1.82) is 0 Å². The van der Waals surface area contributed by atoms with Crippen LogP contribution in [0.1, 0.15) is 40.7 Å². The molecule has 29 heavy (non-hydrogen) atoms. The van der Waals surface area contributed by atoms with E-state index in [1.54, 1.807) is 18.2 Å². The van der Waals surface area contributed by atoms with Gasteiger partial charge in [0.05, 0.1) is 18.6 Å². The van der Waals surface area contributed by atoms with Crippen molar-refractivity contribution >= 4 is 11.8 Å². The van der Waals surface area contributed by atoms with Crippen molar-refractivity contribution in [1.82, 2.24) is 0 Å². The third-order valence-corrected chi connectivity index (χ3v) is 4.82. The van der Waals surface area contributed by atoms with Crippen molar-refractivity contribution in [2.24, 2.45) is 5.73 Å². The van der Waals surface area contributed by atoms with Gasteiger partial charge in [-0.05, 0) is 36.1 Å². The number of ether oxygens (including phenoxy) is 2. The Balaban J connectivity index is 1.54. The summed E-state index contributed by atoms with van der Waals surface area (Å²) >= 11 is 0.